The number of hydrogen-bond donors (Lipinski definition) is 1. The van der Waals surface area contributed by atoms with E-state index >= 15 is 0 Å². The van der Waals surface area contributed by atoms with Crippen LogP contribution in [-0.2, 0) is 19.7 Å². The lowest BCUT2D eigenvalue weighted by molar-refractivity contribution is -0.124. The molecule has 0 saturated carbocycles. The molecule has 0 aromatic heterocycles. The molecule has 5 nitrogen and oxygen atoms in total. The fourth-order valence-electron chi connectivity index (χ4n) is 4.37. The van der Waals surface area contributed by atoms with E-state index < -0.39 is 0 Å². The number of nitrogens with one attached hydrogen (secondary N) is 1. The van der Waals surface area contributed by atoms with Crippen molar-refractivity contribution in [3.8, 4) is 0 Å². The van der Waals surface area contributed by atoms with E-state index in [1.807, 2.05) is 6.92 Å². The van der Waals surface area contributed by atoms with E-state index in [0.29, 0.717) is 19.6 Å². The van der Waals surface area contributed by atoms with Gasteiger partial charge in [-0.3, -0.25) is 4.79 Å². The smallest absolute Gasteiger partial charge is 0.220 e. The van der Waals surface area contributed by atoms with Gasteiger partial charge in [0.1, 0.15) is 0 Å². The van der Waals surface area contributed by atoms with Gasteiger partial charge in [0, 0.05) is 18.9 Å². The van der Waals surface area contributed by atoms with Crippen LogP contribution in [0.3, 0.4) is 0 Å². The third-order valence-corrected chi connectivity index (χ3v) is 5.78. The molecule has 2 aliphatic rings. The summed E-state index contributed by atoms with van der Waals surface area (Å²) in [5.74, 6) is 0.0742. The first-order chi connectivity index (χ1) is 12.1. The van der Waals surface area contributed by atoms with Gasteiger partial charge in [0.15, 0.2) is 0 Å². The minimum atomic E-state index is -0.0797. The van der Waals surface area contributed by atoms with Gasteiger partial charge in [-0.1, -0.05) is 31.2 Å². The molecule has 25 heavy (non-hydrogen) atoms. The van der Waals surface area contributed by atoms with E-state index in [2.05, 4.69) is 41.5 Å². The molecular weight excluding hydrogens is 316 g/mol. The molecule has 2 atom stereocenters. The number of likely N-dealkylation sites (tertiary alicyclic amines) is 1. The van der Waals surface area contributed by atoms with Crippen molar-refractivity contribution < 1.29 is 14.3 Å². The summed E-state index contributed by atoms with van der Waals surface area (Å²) in [6.45, 7) is 5.10. The molecule has 5 heteroatoms. The highest BCUT2D eigenvalue weighted by atomic mass is 16.5. The highest BCUT2D eigenvalue weighted by Gasteiger charge is 2.53. The molecular formula is C20H30N2O3. The van der Waals surface area contributed by atoms with Crippen LogP contribution < -0.4 is 5.32 Å². The lowest BCUT2D eigenvalue weighted by atomic mass is 9.72. The molecule has 1 fully saturated rings. The summed E-state index contributed by atoms with van der Waals surface area (Å²) in [7, 11) is 3.86. The number of rotatable bonds is 6. The Morgan fingerprint density at radius 2 is 2.00 bits per heavy atom. The number of ether oxygens (including phenoxy) is 2. The normalized spacial score (nSPS) is 25.1. The van der Waals surface area contributed by atoms with Crippen LogP contribution in [0, 0.1) is 0 Å². The summed E-state index contributed by atoms with van der Waals surface area (Å²) in [4.78, 5) is 14.5. The minimum Gasteiger partial charge on any atom is -0.382 e. The maximum absolute atomic E-state index is 12.2. The number of fused-ring (bicyclic) bond motifs is 2. The zero-order valence-electron chi connectivity index (χ0n) is 15.6. The maximum atomic E-state index is 12.2. The Morgan fingerprint density at radius 1 is 1.28 bits per heavy atom. The molecule has 1 spiro atoms. The first-order valence-electron chi connectivity index (χ1n) is 9.30. The largest absolute Gasteiger partial charge is 0.382 e. The summed E-state index contributed by atoms with van der Waals surface area (Å²) >= 11 is 0. The summed E-state index contributed by atoms with van der Waals surface area (Å²) < 4.78 is 11.5. The lowest BCUT2D eigenvalue weighted by Gasteiger charge is -2.43. The van der Waals surface area contributed by atoms with Crippen LogP contribution in [0.5, 0.6) is 0 Å². The predicted octanol–water partition coefficient (Wildman–Crippen LogP) is 2.26. The molecule has 0 bridgehead atoms. The highest BCUT2D eigenvalue weighted by molar-refractivity contribution is 5.76. The monoisotopic (exact) mass is 346 g/mol. The van der Waals surface area contributed by atoms with Crippen molar-refractivity contribution in [2.45, 2.75) is 43.7 Å². The molecule has 1 heterocycles. The van der Waals surface area contributed by atoms with Gasteiger partial charge in [-0.05, 0) is 44.1 Å². The molecule has 1 N–H and O–H groups in total. The zero-order valence-corrected chi connectivity index (χ0v) is 15.6. The number of amides is 1. The summed E-state index contributed by atoms with van der Waals surface area (Å²) in [6, 6.07) is 8.46. The van der Waals surface area contributed by atoms with Crippen LogP contribution in [-0.4, -0.2) is 57.4 Å². The van der Waals surface area contributed by atoms with Crippen molar-refractivity contribution in [2.75, 3.05) is 40.5 Å². The van der Waals surface area contributed by atoms with Crippen molar-refractivity contribution in [3.05, 3.63) is 35.4 Å². The van der Waals surface area contributed by atoms with Crippen LogP contribution in [0.25, 0.3) is 0 Å². The topological polar surface area (TPSA) is 50.8 Å². The molecule has 3 rings (SSSR count). The Morgan fingerprint density at radius 3 is 2.68 bits per heavy atom. The van der Waals surface area contributed by atoms with E-state index in [9.17, 15) is 4.79 Å². The first kappa shape index (κ1) is 18.4. The van der Waals surface area contributed by atoms with Crippen LogP contribution in [0.2, 0.25) is 0 Å². The molecule has 1 aromatic rings. The number of piperidine rings is 1. The van der Waals surface area contributed by atoms with Crippen LogP contribution >= 0.6 is 0 Å². The second-order valence-corrected chi connectivity index (χ2v) is 7.23. The van der Waals surface area contributed by atoms with Gasteiger partial charge in [-0.25, -0.2) is 0 Å². The average Bonchev–Trinajstić information content (AvgIpc) is 2.88. The number of nitrogens with zero attached hydrogens (tertiary/aromatic N) is 1. The number of carbonyl (C=O) groups excluding carboxylic acids is 1. The highest BCUT2D eigenvalue weighted by Crippen LogP contribution is 2.52. The van der Waals surface area contributed by atoms with Crippen LogP contribution in [0.15, 0.2) is 24.3 Å². The molecule has 0 unspecified atom stereocenters. The first-order valence-corrected chi connectivity index (χ1v) is 9.30. The van der Waals surface area contributed by atoms with Gasteiger partial charge in [0.05, 0.1) is 25.4 Å². The fraction of sp³-hybridized carbons (Fsp3) is 0.650. The van der Waals surface area contributed by atoms with E-state index in [-0.39, 0.29) is 23.5 Å². The number of benzene rings is 1. The quantitative estimate of drug-likeness (QED) is 0.803. The molecule has 1 aliphatic heterocycles. The van der Waals surface area contributed by atoms with Crippen LogP contribution in [0.4, 0.5) is 0 Å². The standard InChI is InChI=1S/C20H30N2O3/c1-4-17(23)21-18-15-7-5-6-8-16(15)20(9-11-22(2)12-10-20)19(18)25-14-13-24-3/h5-8,18-19H,4,9-14H2,1-3H3,(H,21,23)/t18-,19+/m1/s1. The van der Waals surface area contributed by atoms with Gasteiger partial charge in [0.25, 0.3) is 0 Å². The van der Waals surface area contributed by atoms with Gasteiger partial charge < -0.3 is 19.7 Å². The van der Waals surface area contributed by atoms with Crippen molar-refractivity contribution in [2.24, 2.45) is 0 Å². The number of carbonyl (C=O) groups is 1. The van der Waals surface area contributed by atoms with E-state index in [0.717, 1.165) is 25.9 Å². The Balaban J connectivity index is 1.96. The molecule has 1 aliphatic carbocycles. The summed E-state index contributed by atoms with van der Waals surface area (Å²) in [5.41, 5.74) is 2.55. The van der Waals surface area contributed by atoms with Crippen molar-refractivity contribution >= 4 is 5.91 Å². The predicted molar refractivity (Wildman–Crippen MR) is 97.6 cm³/mol. The van der Waals surface area contributed by atoms with Gasteiger partial charge in [0.2, 0.25) is 5.91 Å². The molecule has 0 radical (unpaired) electrons. The van der Waals surface area contributed by atoms with E-state index in [4.69, 9.17) is 9.47 Å². The SMILES string of the molecule is CCC(=O)N[C@@H]1c2ccccc2C2(CCN(C)CC2)[C@H]1OCCOC. The average molecular weight is 346 g/mol. The lowest BCUT2D eigenvalue weighted by Crippen LogP contribution is -2.50. The minimum absolute atomic E-state index is 0.0253. The number of hydrogen-bond acceptors (Lipinski definition) is 4. The fourth-order valence-corrected chi connectivity index (χ4v) is 4.37. The Bertz CT molecular complexity index is 596. The summed E-state index contributed by atoms with van der Waals surface area (Å²) in [5, 5.41) is 3.23. The molecule has 1 amide bonds. The zero-order chi connectivity index (χ0) is 17.9. The Labute approximate surface area is 150 Å². The van der Waals surface area contributed by atoms with E-state index in [1.165, 1.54) is 11.1 Å². The molecule has 1 aromatic carbocycles. The van der Waals surface area contributed by atoms with Gasteiger partial charge >= 0.3 is 0 Å². The Kier molecular flexibility index (Phi) is 5.77. The third-order valence-electron chi connectivity index (χ3n) is 5.78. The van der Waals surface area contributed by atoms with Gasteiger partial charge in [-0.2, -0.15) is 0 Å². The molecule has 138 valence electrons. The summed E-state index contributed by atoms with van der Waals surface area (Å²) in [6.07, 6.45) is 2.55. The van der Waals surface area contributed by atoms with Crippen molar-refractivity contribution in [1.82, 2.24) is 10.2 Å². The second kappa shape index (κ2) is 7.85. The van der Waals surface area contributed by atoms with Gasteiger partial charge in [-0.15, -0.1) is 0 Å². The third kappa shape index (κ3) is 3.46. The van der Waals surface area contributed by atoms with Crippen molar-refractivity contribution in [1.29, 1.82) is 0 Å². The van der Waals surface area contributed by atoms with Crippen LogP contribution in [0.1, 0.15) is 43.4 Å². The number of methoxy groups -OCH3 is 1. The Hall–Kier alpha value is -1.43. The van der Waals surface area contributed by atoms with E-state index in [1.54, 1.807) is 7.11 Å². The van der Waals surface area contributed by atoms with Crippen molar-refractivity contribution in [3.63, 3.8) is 0 Å². The maximum Gasteiger partial charge on any atom is 0.220 e. The molecule has 1 saturated heterocycles. The second-order valence-electron chi connectivity index (χ2n) is 7.23.